The summed E-state index contributed by atoms with van der Waals surface area (Å²) in [6.45, 7) is 3.13. The molecule has 1 atom stereocenters. The van der Waals surface area contributed by atoms with E-state index in [0.29, 0.717) is 12.6 Å². The van der Waals surface area contributed by atoms with Gasteiger partial charge in [0.05, 0.1) is 5.92 Å². The van der Waals surface area contributed by atoms with E-state index < -0.39 is 0 Å². The minimum absolute atomic E-state index is 0.0689. The second-order valence-corrected chi connectivity index (χ2v) is 6.23. The smallest absolute Gasteiger partial charge is 0.310 e. The minimum atomic E-state index is -0.0958. The molecule has 0 spiro atoms. The Labute approximate surface area is 128 Å². The normalized spacial score (nSPS) is 17.7. The molecular formula is C18H27NO2. The van der Waals surface area contributed by atoms with E-state index in [9.17, 15) is 4.79 Å². The SMILES string of the molecule is CC(CN(C)C1CCCCC1)C(=O)OCc1ccccc1. The van der Waals surface area contributed by atoms with Crippen molar-refractivity contribution in [3.63, 3.8) is 0 Å². The van der Waals surface area contributed by atoms with Gasteiger partial charge in [0.2, 0.25) is 0 Å². The summed E-state index contributed by atoms with van der Waals surface area (Å²) in [6, 6.07) is 10.5. The van der Waals surface area contributed by atoms with Crippen molar-refractivity contribution in [2.45, 2.75) is 51.7 Å². The zero-order valence-corrected chi connectivity index (χ0v) is 13.3. The van der Waals surface area contributed by atoms with Crippen LogP contribution in [0.2, 0.25) is 0 Å². The topological polar surface area (TPSA) is 29.5 Å². The molecule has 0 aromatic heterocycles. The molecule has 1 unspecified atom stereocenters. The number of hydrogen-bond acceptors (Lipinski definition) is 3. The van der Waals surface area contributed by atoms with E-state index in [1.165, 1.54) is 32.1 Å². The molecule has 1 aromatic carbocycles. The Morgan fingerprint density at radius 3 is 2.57 bits per heavy atom. The standard InChI is InChI=1S/C18H27NO2/c1-15(13-19(2)17-11-7-4-8-12-17)18(20)21-14-16-9-5-3-6-10-16/h3,5-6,9-10,15,17H,4,7-8,11-14H2,1-2H3. The molecule has 0 amide bonds. The van der Waals surface area contributed by atoms with Crippen LogP contribution in [0.5, 0.6) is 0 Å². The maximum Gasteiger partial charge on any atom is 0.310 e. The average Bonchev–Trinajstić information content (AvgIpc) is 2.54. The van der Waals surface area contributed by atoms with Crippen LogP contribution in [0.1, 0.15) is 44.6 Å². The van der Waals surface area contributed by atoms with Gasteiger partial charge in [-0.3, -0.25) is 4.79 Å². The number of benzene rings is 1. The number of esters is 1. The Morgan fingerprint density at radius 2 is 1.90 bits per heavy atom. The number of carbonyl (C=O) groups excluding carboxylic acids is 1. The van der Waals surface area contributed by atoms with Crippen LogP contribution in [0.25, 0.3) is 0 Å². The van der Waals surface area contributed by atoms with Crippen LogP contribution in [-0.4, -0.2) is 30.5 Å². The van der Waals surface area contributed by atoms with Gasteiger partial charge in [-0.1, -0.05) is 56.5 Å². The minimum Gasteiger partial charge on any atom is -0.461 e. The lowest BCUT2D eigenvalue weighted by Gasteiger charge is -2.32. The highest BCUT2D eigenvalue weighted by atomic mass is 16.5. The maximum atomic E-state index is 12.1. The molecule has 0 bridgehead atoms. The number of hydrogen-bond donors (Lipinski definition) is 0. The van der Waals surface area contributed by atoms with Crippen molar-refractivity contribution in [1.82, 2.24) is 4.90 Å². The maximum absolute atomic E-state index is 12.1. The van der Waals surface area contributed by atoms with Gasteiger partial charge < -0.3 is 9.64 Å². The van der Waals surface area contributed by atoms with E-state index in [0.717, 1.165) is 12.1 Å². The van der Waals surface area contributed by atoms with Crippen molar-refractivity contribution in [1.29, 1.82) is 0 Å². The molecule has 1 aromatic rings. The van der Waals surface area contributed by atoms with Gasteiger partial charge in [-0.05, 0) is 25.5 Å². The fourth-order valence-corrected chi connectivity index (χ4v) is 3.05. The van der Waals surface area contributed by atoms with E-state index in [1.54, 1.807) is 0 Å². The molecule has 1 aliphatic carbocycles. The van der Waals surface area contributed by atoms with Crippen LogP contribution in [-0.2, 0) is 16.1 Å². The number of carbonyl (C=O) groups is 1. The molecule has 0 radical (unpaired) electrons. The molecule has 3 heteroatoms. The van der Waals surface area contributed by atoms with E-state index >= 15 is 0 Å². The van der Waals surface area contributed by atoms with Crippen molar-refractivity contribution in [2.24, 2.45) is 5.92 Å². The molecule has 0 heterocycles. The predicted molar refractivity (Wildman–Crippen MR) is 84.9 cm³/mol. The van der Waals surface area contributed by atoms with Crippen molar-refractivity contribution < 1.29 is 9.53 Å². The second-order valence-electron chi connectivity index (χ2n) is 6.23. The largest absolute Gasteiger partial charge is 0.461 e. The van der Waals surface area contributed by atoms with Crippen LogP contribution in [0.15, 0.2) is 30.3 Å². The number of rotatable bonds is 6. The molecule has 1 aliphatic rings. The lowest BCUT2D eigenvalue weighted by molar-refractivity contribution is -0.150. The Balaban J connectivity index is 1.74. The Morgan fingerprint density at radius 1 is 1.24 bits per heavy atom. The van der Waals surface area contributed by atoms with Gasteiger partial charge in [-0.25, -0.2) is 0 Å². The fourth-order valence-electron chi connectivity index (χ4n) is 3.05. The average molecular weight is 289 g/mol. The third-order valence-corrected chi connectivity index (χ3v) is 4.39. The lowest BCUT2D eigenvalue weighted by Crippen LogP contribution is -2.38. The van der Waals surface area contributed by atoms with E-state index in [4.69, 9.17) is 4.74 Å². The van der Waals surface area contributed by atoms with Crippen molar-refractivity contribution in [3.05, 3.63) is 35.9 Å². The van der Waals surface area contributed by atoms with Gasteiger partial charge >= 0.3 is 5.97 Å². The highest BCUT2D eigenvalue weighted by Crippen LogP contribution is 2.22. The summed E-state index contributed by atoms with van der Waals surface area (Å²) in [6.07, 6.45) is 6.53. The van der Waals surface area contributed by atoms with Gasteiger partial charge in [-0.2, -0.15) is 0 Å². The third-order valence-electron chi connectivity index (χ3n) is 4.39. The first kappa shape index (κ1) is 16.0. The molecule has 0 saturated heterocycles. The Bertz CT molecular complexity index is 426. The molecule has 0 aliphatic heterocycles. The highest BCUT2D eigenvalue weighted by Gasteiger charge is 2.22. The van der Waals surface area contributed by atoms with E-state index in [-0.39, 0.29) is 11.9 Å². The van der Waals surface area contributed by atoms with Crippen LogP contribution in [0.3, 0.4) is 0 Å². The van der Waals surface area contributed by atoms with Gasteiger partial charge in [-0.15, -0.1) is 0 Å². The Kier molecular flexibility index (Phi) is 6.24. The molecule has 116 valence electrons. The highest BCUT2D eigenvalue weighted by molar-refractivity contribution is 5.72. The van der Waals surface area contributed by atoms with Crippen LogP contribution in [0.4, 0.5) is 0 Å². The monoisotopic (exact) mass is 289 g/mol. The lowest BCUT2D eigenvalue weighted by atomic mass is 9.94. The first-order valence-corrected chi connectivity index (χ1v) is 8.07. The summed E-state index contributed by atoms with van der Waals surface area (Å²) in [5, 5.41) is 0. The molecule has 3 nitrogen and oxygen atoms in total. The summed E-state index contributed by atoms with van der Waals surface area (Å²) in [5.41, 5.74) is 1.04. The fraction of sp³-hybridized carbons (Fsp3) is 0.611. The van der Waals surface area contributed by atoms with E-state index in [2.05, 4.69) is 11.9 Å². The molecule has 21 heavy (non-hydrogen) atoms. The van der Waals surface area contributed by atoms with Crippen molar-refractivity contribution in [3.8, 4) is 0 Å². The number of ether oxygens (including phenoxy) is 1. The van der Waals surface area contributed by atoms with Crippen LogP contribution < -0.4 is 0 Å². The number of nitrogens with zero attached hydrogens (tertiary/aromatic N) is 1. The molecule has 1 fully saturated rings. The summed E-state index contributed by atoms with van der Waals surface area (Å²) in [5.74, 6) is -0.165. The zero-order valence-electron chi connectivity index (χ0n) is 13.3. The molecule has 1 saturated carbocycles. The Hall–Kier alpha value is -1.35. The third kappa shape index (κ3) is 5.16. The molecular weight excluding hydrogens is 262 g/mol. The quantitative estimate of drug-likeness (QED) is 0.749. The zero-order chi connectivity index (χ0) is 15.1. The molecule has 2 rings (SSSR count). The van der Waals surface area contributed by atoms with Crippen LogP contribution in [0, 0.1) is 5.92 Å². The first-order valence-electron chi connectivity index (χ1n) is 8.07. The van der Waals surface area contributed by atoms with Gasteiger partial charge in [0, 0.05) is 12.6 Å². The second kappa shape index (κ2) is 8.18. The summed E-state index contributed by atoms with van der Waals surface area (Å²) in [4.78, 5) is 14.4. The summed E-state index contributed by atoms with van der Waals surface area (Å²) in [7, 11) is 2.14. The summed E-state index contributed by atoms with van der Waals surface area (Å²) < 4.78 is 5.41. The van der Waals surface area contributed by atoms with Crippen molar-refractivity contribution >= 4 is 5.97 Å². The van der Waals surface area contributed by atoms with Crippen molar-refractivity contribution in [2.75, 3.05) is 13.6 Å². The molecule has 0 N–H and O–H groups in total. The van der Waals surface area contributed by atoms with Gasteiger partial charge in [0.1, 0.15) is 6.61 Å². The van der Waals surface area contributed by atoms with Gasteiger partial charge in [0.25, 0.3) is 0 Å². The predicted octanol–water partition coefficient (Wildman–Crippen LogP) is 3.63. The summed E-state index contributed by atoms with van der Waals surface area (Å²) >= 11 is 0. The first-order chi connectivity index (χ1) is 10.2. The van der Waals surface area contributed by atoms with Crippen LogP contribution >= 0.6 is 0 Å². The van der Waals surface area contributed by atoms with Gasteiger partial charge in [0.15, 0.2) is 0 Å². The van der Waals surface area contributed by atoms with E-state index in [1.807, 2.05) is 37.3 Å².